The molecule has 1 aliphatic heterocycles. The Kier molecular flexibility index (Phi) is 3.02. The largest absolute Gasteiger partial charge is 0.478 e. The molecule has 1 amide bonds. The minimum Gasteiger partial charge on any atom is -0.478 e. The average Bonchev–Trinajstić information content (AvgIpc) is 3.06. The van der Waals surface area contributed by atoms with Crippen LogP contribution in [0.1, 0.15) is 40.2 Å². The number of aromatic carboxylic acids is 1. The number of fused-ring (bicyclic) bond motifs is 1. The van der Waals surface area contributed by atoms with E-state index in [4.69, 9.17) is 14.3 Å². The van der Waals surface area contributed by atoms with Gasteiger partial charge < -0.3 is 19.2 Å². The van der Waals surface area contributed by atoms with Crippen LogP contribution in [0.15, 0.2) is 16.7 Å². The molecule has 6 heteroatoms. The minimum absolute atomic E-state index is 0.000388. The number of carbonyl (C=O) groups is 2. The summed E-state index contributed by atoms with van der Waals surface area (Å²) in [5.74, 6) is -1.25. The van der Waals surface area contributed by atoms with Crippen molar-refractivity contribution in [1.29, 1.82) is 0 Å². The maximum Gasteiger partial charge on any atom is 0.338 e. The second-order valence-electron chi connectivity index (χ2n) is 4.91. The third kappa shape index (κ3) is 2.12. The molecule has 3 rings (SSSR count). The number of morpholine rings is 1. The van der Waals surface area contributed by atoms with E-state index in [0.717, 1.165) is 25.5 Å². The average molecular weight is 265 g/mol. The van der Waals surface area contributed by atoms with Crippen LogP contribution in [0.5, 0.6) is 0 Å². The van der Waals surface area contributed by atoms with Crippen LogP contribution in [0.2, 0.25) is 0 Å². The van der Waals surface area contributed by atoms with Crippen LogP contribution in [0.25, 0.3) is 0 Å². The zero-order chi connectivity index (χ0) is 13.4. The van der Waals surface area contributed by atoms with Crippen LogP contribution in [0.3, 0.4) is 0 Å². The highest BCUT2D eigenvalue weighted by molar-refractivity contribution is 5.95. The van der Waals surface area contributed by atoms with Crippen molar-refractivity contribution in [2.75, 3.05) is 13.2 Å². The highest BCUT2D eigenvalue weighted by atomic mass is 16.5. The monoisotopic (exact) mass is 265 g/mol. The van der Waals surface area contributed by atoms with E-state index in [9.17, 15) is 9.59 Å². The van der Waals surface area contributed by atoms with Crippen molar-refractivity contribution < 1.29 is 23.8 Å². The van der Waals surface area contributed by atoms with E-state index in [2.05, 4.69) is 0 Å². The molecule has 2 heterocycles. The van der Waals surface area contributed by atoms with Gasteiger partial charge in [-0.05, 0) is 19.3 Å². The number of amides is 1. The number of carbonyl (C=O) groups excluding carboxylic acids is 1. The SMILES string of the molecule is O=C(O)c1coc(C(=O)N2CCOC3CCCC32)c1. The lowest BCUT2D eigenvalue weighted by Crippen LogP contribution is -2.51. The van der Waals surface area contributed by atoms with Gasteiger partial charge >= 0.3 is 5.97 Å². The van der Waals surface area contributed by atoms with Gasteiger partial charge in [0.05, 0.1) is 24.3 Å². The Labute approximate surface area is 109 Å². The Hall–Kier alpha value is -1.82. The number of rotatable bonds is 2. The topological polar surface area (TPSA) is 80.0 Å². The second kappa shape index (κ2) is 4.70. The summed E-state index contributed by atoms with van der Waals surface area (Å²) in [6.45, 7) is 1.06. The van der Waals surface area contributed by atoms with Gasteiger partial charge in [-0.2, -0.15) is 0 Å². The number of carboxylic acid groups (broad SMARTS) is 1. The molecule has 1 aromatic heterocycles. The number of furan rings is 1. The van der Waals surface area contributed by atoms with Crippen LogP contribution in [0.4, 0.5) is 0 Å². The number of carboxylic acids is 1. The molecule has 0 radical (unpaired) electrons. The number of hydrogen-bond acceptors (Lipinski definition) is 4. The van der Waals surface area contributed by atoms with E-state index in [0.29, 0.717) is 13.2 Å². The van der Waals surface area contributed by atoms with Crippen molar-refractivity contribution in [2.24, 2.45) is 0 Å². The highest BCUT2D eigenvalue weighted by Crippen LogP contribution is 2.30. The van der Waals surface area contributed by atoms with Crippen molar-refractivity contribution in [3.8, 4) is 0 Å². The summed E-state index contributed by atoms with van der Waals surface area (Å²) in [5.41, 5.74) is -0.000388. The van der Waals surface area contributed by atoms with Crippen molar-refractivity contribution in [3.63, 3.8) is 0 Å². The predicted molar refractivity (Wildman–Crippen MR) is 64.1 cm³/mol. The molecule has 1 N–H and O–H groups in total. The van der Waals surface area contributed by atoms with Gasteiger partial charge in [0.15, 0.2) is 5.76 Å². The molecule has 2 fully saturated rings. The Balaban J connectivity index is 1.80. The fraction of sp³-hybridized carbons (Fsp3) is 0.538. The highest BCUT2D eigenvalue weighted by Gasteiger charge is 2.39. The van der Waals surface area contributed by atoms with Gasteiger partial charge in [0.1, 0.15) is 6.26 Å². The molecule has 0 bridgehead atoms. The molecule has 1 saturated carbocycles. The summed E-state index contributed by atoms with van der Waals surface area (Å²) < 4.78 is 10.7. The van der Waals surface area contributed by atoms with E-state index in [-0.39, 0.29) is 29.4 Å². The second-order valence-corrected chi connectivity index (χ2v) is 4.91. The molecular weight excluding hydrogens is 250 g/mol. The lowest BCUT2D eigenvalue weighted by atomic mass is 10.1. The van der Waals surface area contributed by atoms with Crippen LogP contribution < -0.4 is 0 Å². The first-order chi connectivity index (χ1) is 9.16. The van der Waals surface area contributed by atoms with Gasteiger partial charge in [0.2, 0.25) is 0 Å². The van der Waals surface area contributed by atoms with Crippen LogP contribution >= 0.6 is 0 Å². The first kappa shape index (κ1) is 12.2. The van der Waals surface area contributed by atoms with E-state index >= 15 is 0 Å². The molecule has 19 heavy (non-hydrogen) atoms. The van der Waals surface area contributed by atoms with Gasteiger partial charge in [-0.3, -0.25) is 4.79 Å². The fourth-order valence-corrected chi connectivity index (χ4v) is 2.88. The fourth-order valence-electron chi connectivity index (χ4n) is 2.88. The van der Waals surface area contributed by atoms with Gasteiger partial charge in [0, 0.05) is 12.6 Å². The minimum atomic E-state index is -1.09. The predicted octanol–water partition coefficient (Wildman–Crippen LogP) is 1.37. The number of nitrogens with zero attached hydrogens (tertiary/aromatic N) is 1. The molecule has 2 unspecified atom stereocenters. The zero-order valence-electron chi connectivity index (χ0n) is 10.4. The van der Waals surface area contributed by atoms with E-state index in [1.807, 2.05) is 0 Å². The summed E-state index contributed by atoms with van der Waals surface area (Å²) in [4.78, 5) is 24.9. The molecule has 1 aliphatic carbocycles. The van der Waals surface area contributed by atoms with Crippen LogP contribution in [0, 0.1) is 0 Å². The Morgan fingerprint density at radius 1 is 1.37 bits per heavy atom. The summed E-state index contributed by atoms with van der Waals surface area (Å²) in [6.07, 6.45) is 4.18. The first-order valence-corrected chi connectivity index (χ1v) is 6.41. The van der Waals surface area contributed by atoms with Crippen molar-refractivity contribution in [1.82, 2.24) is 4.90 Å². The Morgan fingerprint density at radius 2 is 2.21 bits per heavy atom. The van der Waals surface area contributed by atoms with Gasteiger partial charge in [-0.1, -0.05) is 0 Å². The molecule has 1 saturated heterocycles. The zero-order valence-corrected chi connectivity index (χ0v) is 10.4. The van der Waals surface area contributed by atoms with Gasteiger partial charge in [-0.15, -0.1) is 0 Å². The maximum atomic E-state index is 12.4. The molecule has 0 aromatic carbocycles. The molecule has 2 aliphatic rings. The van der Waals surface area contributed by atoms with Crippen molar-refractivity contribution >= 4 is 11.9 Å². The van der Waals surface area contributed by atoms with Crippen molar-refractivity contribution in [3.05, 3.63) is 23.7 Å². The third-order valence-electron chi connectivity index (χ3n) is 3.80. The Bertz CT molecular complexity index is 509. The summed E-state index contributed by atoms with van der Waals surface area (Å²) in [5, 5.41) is 8.84. The van der Waals surface area contributed by atoms with Gasteiger partial charge in [-0.25, -0.2) is 4.79 Å². The molecule has 0 spiro atoms. The van der Waals surface area contributed by atoms with E-state index in [1.54, 1.807) is 4.90 Å². The van der Waals surface area contributed by atoms with Crippen LogP contribution in [-0.2, 0) is 4.74 Å². The smallest absolute Gasteiger partial charge is 0.338 e. The standard InChI is InChI=1S/C13H15NO5/c15-12(11-6-8(7-19-11)13(16)17)14-4-5-18-10-3-1-2-9(10)14/h6-7,9-10H,1-5H2,(H,16,17). The molecule has 1 aromatic rings. The van der Waals surface area contributed by atoms with Gasteiger partial charge in [0.25, 0.3) is 5.91 Å². The quantitative estimate of drug-likeness (QED) is 0.873. The number of ether oxygens (including phenoxy) is 1. The number of hydrogen-bond donors (Lipinski definition) is 1. The Morgan fingerprint density at radius 3 is 2.95 bits per heavy atom. The summed E-state index contributed by atoms with van der Waals surface area (Å²) in [7, 11) is 0. The molecule has 6 nitrogen and oxygen atoms in total. The first-order valence-electron chi connectivity index (χ1n) is 6.41. The normalized spacial score (nSPS) is 26.2. The maximum absolute atomic E-state index is 12.4. The molecule has 2 atom stereocenters. The lowest BCUT2D eigenvalue weighted by molar-refractivity contribution is -0.0454. The van der Waals surface area contributed by atoms with Crippen LogP contribution in [-0.4, -0.2) is 47.2 Å². The van der Waals surface area contributed by atoms with Crippen molar-refractivity contribution in [2.45, 2.75) is 31.4 Å². The van der Waals surface area contributed by atoms with E-state index in [1.165, 1.54) is 6.07 Å². The lowest BCUT2D eigenvalue weighted by Gasteiger charge is -2.37. The molecular formula is C13H15NO5. The molecule has 102 valence electrons. The van der Waals surface area contributed by atoms with E-state index < -0.39 is 5.97 Å². The summed E-state index contributed by atoms with van der Waals surface area (Å²) in [6, 6.07) is 1.38. The third-order valence-corrected chi connectivity index (χ3v) is 3.80. The summed E-state index contributed by atoms with van der Waals surface area (Å²) >= 11 is 0.